The lowest BCUT2D eigenvalue weighted by Gasteiger charge is -2.25. The van der Waals surface area contributed by atoms with Gasteiger partial charge in [-0.3, -0.25) is 19.1 Å². The van der Waals surface area contributed by atoms with Crippen LogP contribution in [-0.4, -0.2) is 22.0 Å². The lowest BCUT2D eigenvalue weighted by atomic mass is 10.1. The number of nitrogens with zero attached hydrogens (tertiary/aromatic N) is 2. The van der Waals surface area contributed by atoms with Gasteiger partial charge in [0.15, 0.2) is 5.69 Å². The van der Waals surface area contributed by atoms with Gasteiger partial charge in [-0.25, -0.2) is 4.79 Å². The van der Waals surface area contributed by atoms with Crippen LogP contribution in [-0.2, 0) is 11.3 Å². The Bertz CT molecular complexity index is 737. The number of amides is 1. The molecule has 0 saturated carbocycles. The van der Waals surface area contributed by atoms with Crippen LogP contribution in [0.25, 0.3) is 0 Å². The Kier molecular flexibility index (Phi) is 6.57. The number of carbonyl (C=O) groups excluding carboxylic acids is 1. The highest BCUT2D eigenvalue weighted by Gasteiger charge is 2.24. The van der Waals surface area contributed by atoms with E-state index in [0.717, 1.165) is 5.57 Å². The van der Waals surface area contributed by atoms with E-state index in [-0.39, 0.29) is 29.2 Å². The van der Waals surface area contributed by atoms with Crippen molar-refractivity contribution in [2.45, 2.75) is 48.1 Å². The fourth-order valence-corrected chi connectivity index (χ4v) is 2.37. The third-order valence-electron chi connectivity index (χ3n) is 3.26. The van der Waals surface area contributed by atoms with Gasteiger partial charge >= 0.3 is 5.69 Å². The molecule has 0 fully saturated rings. The Morgan fingerprint density at radius 2 is 1.79 bits per heavy atom. The molecular formula is C17H28N4O3. The molecule has 1 rings (SSSR count). The maximum Gasteiger partial charge on any atom is 0.330 e. The van der Waals surface area contributed by atoms with E-state index in [1.165, 1.54) is 15.5 Å². The first-order chi connectivity index (χ1) is 11.0. The maximum absolute atomic E-state index is 12.6. The van der Waals surface area contributed by atoms with Crippen LogP contribution < -0.4 is 21.9 Å². The average molecular weight is 336 g/mol. The monoisotopic (exact) mass is 336 g/mol. The molecule has 0 aliphatic heterocycles. The number of rotatable bonds is 6. The van der Waals surface area contributed by atoms with Crippen LogP contribution in [0.2, 0.25) is 0 Å². The second-order valence-corrected chi connectivity index (χ2v) is 7.06. The minimum Gasteiger partial charge on any atom is -0.383 e. The number of nitrogen functional groups attached to an aromatic ring is 1. The van der Waals surface area contributed by atoms with Crippen molar-refractivity contribution in [2.75, 3.05) is 17.2 Å². The van der Waals surface area contributed by atoms with Crippen molar-refractivity contribution >= 4 is 17.4 Å². The van der Waals surface area contributed by atoms with E-state index in [9.17, 15) is 14.4 Å². The molecule has 7 nitrogen and oxygen atoms in total. The van der Waals surface area contributed by atoms with Crippen molar-refractivity contribution in [3.63, 3.8) is 0 Å². The predicted molar refractivity (Wildman–Crippen MR) is 97.2 cm³/mol. The Hall–Kier alpha value is -2.31. The van der Waals surface area contributed by atoms with Gasteiger partial charge in [-0.15, -0.1) is 0 Å². The number of H-pyrrole nitrogens is 1. The summed E-state index contributed by atoms with van der Waals surface area (Å²) in [6.07, 6.45) is 1.46. The summed E-state index contributed by atoms with van der Waals surface area (Å²) >= 11 is 0. The van der Waals surface area contributed by atoms with E-state index in [1.54, 1.807) is 13.8 Å². The average Bonchev–Trinajstić information content (AvgIpc) is 2.40. The summed E-state index contributed by atoms with van der Waals surface area (Å²) < 4.78 is 1.31. The number of hydrogen-bond donors (Lipinski definition) is 2. The molecule has 0 unspecified atom stereocenters. The minimum atomic E-state index is -0.645. The summed E-state index contributed by atoms with van der Waals surface area (Å²) in [6.45, 7) is 12.1. The Labute approximate surface area is 142 Å². The van der Waals surface area contributed by atoms with E-state index < -0.39 is 11.2 Å². The van der Waals surface area contributed by atoms with Gasteiger partial charge in [-0.1, -0.05) is 33.3 Å². The van der Waals surface area contributed by atoms with E-state index in [4.69, 9.17) is 5.73 Å². The first-order valence-electron chi connectivity index (χ1n) is 8.13. The number of nitrogens with one attached hydrogen (secondary N) is 1. The molecule has 1 aromatic heterocycles. The minimum absolute atomic E-state index is 0.0219. The summed E-state index contributed by atoms with van der Waals surface area (Å²) in [5, 5.41) is 0. The molecule has 0 aromatic carbocycles. The third-order valence-corrected chi connectivity index (χ3v) is 3.26. The van der Waals surface area contributed by atoms with Crippen LogP contribution in [0.4, 0.5) is 11.5 Å². The molecule has 7 heteroatoms. The zero-order valence-corrected chi connectivity index (χ0v) is 15.3. The largest absolute Gasteiger partial charge is 0.383 e. The van der Waals surface area contributed by atoms with Gasteiger partial charge in [0.2, 0.25) is 0 Å². The van der Waals surface area contributed by atoms with Crippen LogP contribution in [0.1, 0.15) is 41.5 Å². The highest BCUT2D eigenvalue weighted by Crippen LogP contribution is 2.19. The van der Waals surface area contributed by atoms with Gasteiger partial charge in [0.1, 0.15) is 5.82 Å². The number of carbonyl (C=O) groups is 1. The summed E-state index contributed by atoms with van der Waals surface area (Å²) in [5.74, 6) is -0.0103. The highest BCUT2D eigenvalue weighted by molar-refractivity contribution is 6.03. The zero-order chi connectivity index (χ0) is 18.6. The fourth-order valence-electron chi connectivity index (χ4n) is 2.37. The molecule has 1 heterocycles. The first-order valence-corrected chi connectivity index (χ1v) is 8.13. The SMILES string of the molecule is CC(C)=CC(=O)N(CC(C)C)c1c(N)n(CC(C)C)c(=O)[nH]c1=O. The van der Waals surface area contributed by atoms with Crippen LogP contribution in [0.15, 0.2) is 21.2 Å². The molecule has 0 atom stereocenters. The highest BCUT2D eigenvalue weighted by atomic mass is 16.2. The number of aromatic nitrogens is 2. The second kappa shape index (κ2) is 7.99. The van der Waals surface area contributed by atoms with Crippen LogP contribution in [0.3, 0.4) is 0 Å². The van der Waals surface area contributed by atoms with E-state index in [2.05, 4.69) is 4.98 Å². The van der Waals surface area contributed by atoms with Gasteiger partial charge in [-0.2, -0.15) is 0 Å². The van der Waals surface area contributed by atoms with Gasteiger partial charge in [0.25, 0.3) is 11.5 Å². The van der Waals surface area contributed by atoms with Gasteiger partial charge in [0, 0.05) is 19.2 Å². The first kappa shape index (κ1) is 19.7. The fraction of sp³-hybridized carbons (Fsp3) is 0.588. The van der Waals surface area contributed by atoms with Crippen molar-refractivity contribution in [3.05, 3.63) is 32.5 Å². The van der Waals surface area contributed by atoms with Crippen LogP contribution in [0, 0.1) is 11.8 Å². The predicted octanol–water partition coefficient (Wildman–Crippen LogP) is 1.73. The Morgan fingerprint density at radius 3 is 2.25 bits per heavy atom. The van der Waals surface area contributed by atoms with Crippen molar-refractivity contribution in [3.8, 4) is 0 Å². The zero-order valence-electron chi connectivity index (χ0n) is 15.3. The normalized spacial score (nSPS) is 11.0. The number of hydrogen-bond acceptors (Lipinski definition) is 4. The standard InChI is InChI=1S/C17H28N4O3/c1-10(2)7-13(22)20(8-11(3)4)14-15(18)21(9-12(5)6)17(24)19-16(14)23/h7,11-12H,8-9,18H2,1-6H3,(H,19,23,24). The maximum atomic E-state index is 12.6. The smallest absolute Gasteiger partial charge is 0.330 e. The van der Waals surface area contributed by atoms with Crippen LogP contribution >= 0.6 is 0 Å². The van der Waals surface area contributed by atoms with Crippen molar-refractivity contribution < 1.29 is 4.79 Å². The number of anilines is 2. The van der Waals surface area contributed by atoms with Gasteiger partial charge in [-0.05, 0) is 25.7 Å². The van der Waals surface area contributed by atoms with Crippen molar-refractivity contribution in [1.29, 1.82) is 0 Å². The molecule has 24 heavy (non-hydrogen) atoms. The molecule has 3 N–H and O–H groups in total. The van der Waals surface area contributed by atoms with Crippen molar-refractivity contribution in [1.82, 2.24) is 9.55 Å². The summed E-state index contributed by atoms with van der Waals surface area (Å²) in [6, 6.07) is 0. The number of aromatic amines is 1. The third kappa shape index (κ3) is 4.84. The van der Waals surface area contributed by atoms with Gasteiger partial charge in [0.05, 0.1) is 0 Å². The molecule has 0 aliphatic rings. The van der Waals surface area contributed by atoms with E-state index in [1.807, 2.05) is 27.7 Å². The summed E-state index contributed by atoms with van der Waals surface area (Å²) in [4.78, 5) is 40.6. The molecule has 0 aliphatic carbocycles. The summed E-state index contributed by atoms with van der Waals surface area (Å²) in [5.41, 5.74) is 5.75. The Balaban J connectivity index is 3.58. The molecule has 0 radical (unpaired) electrons. The lowest BCUT2D eigenvalue weighted by Crippen LogP contribution is -2.42. The van der Waals surface area contributed by atoms with Gasteiger partial charge < -0.3 is 10.6 Å². The molecule has 0 saturated heterocycles. The molecular weight excluding hydrogens is 308 g/mol. The topological polar surface area (TPSA) is 101 Å². The molecule has 0 bridgehead atoms. The number of allylic oxidation sites excluding steroid dienone is 1. The lowest BCUT2D eigenvalue weighted by molar-refractivity contribution is -0.114. The van der Waals surface area contributed by atoms with E-state index >= 15 is 0 Å². The van der Waals surface area contributed by atoms with E-state index in [0.29, 0.717) is 13.1 Å². The molecule has 0 spiro atoms. The van der Waals surface area contributed by atoms with Crippen molar-refractivity contribution in [2.24, 2.45) is 11.8 Å². The molecule has 134 valence electrons. The Morgan fingerprint density at radius 1 is 1.21 bits per heavy atom. The van der Waals surface area contributed by atoms with Crippen LogP contribution in [0.5, 0.6) is 0 Å². The quantitative estimate of drug-likeness (QED) is 0.772. The molecule has 1 amide bonds. The summed E-state index contributed by atoms with van der Waals surface area (Å²) in [7, 11) is 0. The second-order valence-electron chi connectivity index (χ2n) is 7.06. The molecule has 1 aromatic rings. The number of nitrogens with two attached hydrogens (primary N) is 1.